The van der Waals surface area contributed by atoms with E-state index >= 15 is 0 Å². The lowest BCUT2D eigenvalue weighted by molar-refractivity contribution is -0.143. The van der Waals surface area contributed by atoms with Gasteiger partial charge in [-0.1, -0.05) is 37.1 Å². The number of amides is 3. The number of anilines is 1. The molecule has 5 heterocycles. The van der Waals surface area contributed by atoms with Gasteiger partial charge in [0, 0.05) is 62.9 Å². The Morgan fingerprint density at radius 2 is 1.63 bits per heavy atom. The maximum absolute atomic E-state index is 14.7. The van der Waals surface area contributed by atoms with Crippen molar-refractivity contribution in [3.63, 3.8) is 0 Å². The van der Waals surface area contributed by atoms with Crippen LogP contribution >= 0.6 is 11.8 Å². The maximum atomic E-state index is 14.7. The molecule has 250 valence electrons. The number of nitrogens with zero attached hydrogens (tertiary/aromatic N) is 4. The fraction of sp³-hybridized carbons (Fsp3) is 0.629. The minimum absolute atomic E-state index is 0.0307. The molecule has 3 saturated heterocycles. The third kappa shape index (κ3) is 6.11. The second-order valence-electron chi connectivity index (χ2n) is 13.1. The smallest absolute Gasteiger partial charge is 0.247 e. The molecule has 6 rings (SSSR count). The van der Waals surface area contributed by atoms with Gasteiger partial charge < -0.3 is 29.3 Å². The first-order valence-corrected chi connectivity index (χ1v) is 17.7. The van der Waals surface area contributed by atoms with Gasteiger partial charge in [-0.05, 0) is 51.0 Å². The van der Waals surface area contributed by atoms with E-state index in [2.05, 4.69) is 30.1 Å². The molecule has 0 aromatic heterocycles. The molecule has 0 radical (unpaired) electrons. The van der Waals surface area contributed by atoms with Crippen LogP contribution in [0.2, 0.25) is 0 Å². The fourth-order valence-corrected chi connectivity index (χ4v) is 10.1. The summed E-state index contributed by atoms with van der Waals surface area (Å²) in [4.78, 5) is 51.8. The number of likely N-dealkylation sites (tertiary alicyclic amines) is 1. The van der Waals surface area contributed by atoms with Crippen molar-refractivity contribution in [3.05, 3.63) is 48.6 Å². The standard InChI is InChI=1S/C35H48N4O6S/c1-3-45-27-12-10-26(11-13-27)38-18-8-14-34(2)28(31(38)41)29-32(42)39(17-6-4-5-7-23-40)30-33(43)37(16-9-15-35(29,30)46-34)20-19-36-21-24-44-25-22-36/h8-15,28-30,40H,3-7,16-25H2,1-2H3/t28-,29+,30?,34+,35+/m1/s1. The van der Waals surface area contributed by atoms with E-state index in [1.54, 1.807) is 21.6 Å². The molecule has 5 atom stereocenters. The number of hydrogen-bond acceptors (Lipinski definition) is 8. The van der Waals surface area contributed by atoms with Crippen LogP contribution in [-0.2, 0) is 19.1 Å². The lowest BCUT2D eigenvalue weighted by Crippen LogP contribution is -2.54. The number of unbranched alkanes of at least 4 members (excludes halogenated alkanes) is 3. The normalized spacial score (nSPS) is 31.2. The predicted molar refractivity (Wildman–Crippen MR) is 179 cm³/mol. The summed E-state index contributed by atoms with van der Waals surface area (Å²) >= 11 is 1.63. The monoisotopic (exact) mass is 652 g/mol. The number of aliphatic hydroxyl groups excluding tert-OH is 1. The van der Waals surface area contributed by atoms with Gasteiger partial charge in [0.15, 0.2) is 0 Å². The molecular weight excluding hydrogens is 604 g/mol. The quantitative estimate of drug-likeness (QED) is 0.272. The van der Waals surface area contributed by atoms with Crippen molar-refractivity contribution in [2.45, 2.75) is 55.1 Å². The number of hydrogen-bond donors (Lipinski definition) is 1. The summed E-state index contributed by atoms with van der Waals surface area (Å²) in [6, 6.07) is 6.87. The summed E-state index contributed by atoms with van der Waals surface area (Å²) in [5, 5.41) is 9.26. The highest BCUT2D eigenvalue weighted by atomic mass is 32.2. The summed E-state index contributed by atoms with van der Waals surface area (Å²) in [6.07, 6.45) is 11.5. The second kappa shape index (κ2) is 14.1. The number of fused-ring (bicyclic) bond motifs is 2. The van der Waals surface area contributed by atoms with Gasteiger partial charge in [-0.15, -0.1) is 11.8 Å². The lowest BCUT2D eigenvalue weighted by atomic mass is 9.74. The number of aliphatic hydroxyl groups is 1. The van der Waals surface area contributed by atoms with Crippen molar-refractivity contribution in [1.82, 2.24) is 14.7 Å². The minimum Gasteiger partial charge on any atom is -0.494 e. The molecule has 1 unspecified atom stereocenters. The van der Waals surface area contributed by atoms with Gasteiger partial charge in [-0.3, -0.25) is 19.3 Å². The molecule has 0 bridgehead atoms. The third-order valence-electron chi connectivity index (χ3n) is 10.2. The molecule has 0 aliphatic carbocycles. The Balaban J connectivity index is 1.32. The number of morpholine rings is 1. The zero-order valence-corrected chi connectivity index (χ0v) is 28.0. The van der Waals surface area contributed by atoms with E-state index < -0.39 is 27.4 Å². The molecule has 1 N–H and O–H groups in total. The highest BCUT2D eigenvalue weighted by Crippen LogP contribution is 2.65. The molecule has 10 nitrogen and oxygen atoms in total. The van der Waals surface area contributed by atoms with Crippen molar-refractivity contribution >= 4 is 35.2 Å². The van der Waals surface area contributed by atoms with Crippen molar-refractivity contribution in [3.8, 4) is 5.75 Å². The number of carbonyl (C=O) groups is 3. The van der Waals surface area contributed by atoms with Gasteiger partial charge in [0.25, 0.3) is 0 Å². The van der Waals surface area contributed by atoms with Crippen molar-refractivity contribution in [2.24, 2.45) is 11.8 Å². The van der Waals surface area contributed by atoms with Gasteiger partial charge >= 0.3 is 0 Å². The molecule has 3 amide bonds. The van der Waals surface area contributed by atoms with E-state index in [0.29, 0.717) is 46.0 Å². The summed E-state index contributed by atoms with van der Waals surface area (Å²) in [5.74, 6) is -0.766. The van der Waals surface area contributed by atoms with E-state index in [9.17, 15) is 19.5 Å². The number of ether oxygens (including phenoxy) is 2. The lowest BCUT2D eigenvalue weighted by Gasteiger charge is -2.37. The Kier molecular flexibility index (Phi) is 10.1. The van der Waals surface area contributed by atoms with E-state index in [4.69, 9.17) is 9.47 Å². The average molecular weight is 653 g/mol. The van der Waals surface area contributed by atoms with E-state index in [-0.39, 0.29) is 24.3 Å². The molecule has 11 heteroatoms. The van der Waals surface area contributed by atoms with Gasteiger partial charge in [-0.2, -0.15) is 0 Å². The summed E-state index contributed by atoms with van der Waals surface area (Å²) in [7, 11) is 0. The zero-order valence-electron chi connectivity index (χ0n) is 27.1. The van der Waals surface area contributed by atoms with Gasteiger partial charge in [0.1, 0.15) is 11.8 Å². The Bertz CT molecular complexity index is 1330. The van der Waals surface area contributed by atoms with Gasteiger partial charge in [0.05, 0.1) is 36.4 Å². The Hall–Kier alpha value is -2.86. The number of thioether (sulfide) groups is 1. The third-order valence-corrected chi connectivity index (χ3v) is 12.0. The van der Waals surface area contributed by atoms with Crippen LogP contribution in [0.3, 0.4) is 0 Å². The number of benzene rings is 1. The largest absolute Gasteiger partial charge is 0.494 e. The fourth-order valence-electron chi connectivity index (χ4n) is 7.96. The molecule has 46 heavy (non-hydrogen) atoms. The van der Waals surface area contributed by atoms with Crippen LogP contribution in [0.25, 0.3) is 0 Å². The van der Waals surface area contributed by atoms with E-state index in [1.165, 1.54) is 0 Å². The topological polar surface area (TPSA) is 103 Å². The van der Waals surface area contributed by atoms with E-state index in [0.717, 1.165) is 56.8 Å². The summed E-state index contributed by atoms with van der Waals surface area (Å²) in [5.41, 5.74) is 0.762. The molecule has 5 aliphatic heterocycles. The maximum Gasteiger partial charge on any atom is 0.247 e. The molecular formula is C35H48N4O6S. The predicted octanol–water partition coefficient (Wildman–Crippen LogP) is 2.96. The van der Waals surface area contributed by atoms with Crippen LogP contribution in [0.5, 0.6) is 5.75 Å². The molecule has 0 saturated carbocycles. The first kappa shape index (κ1) is 33.1. The SMILES string of the molecule is CCOc1ccc(N2CC=C[C@]3(C)S[C@]45C=CCN(CCN6CCOCC6)C(=O)C4N(CCCCCCO)C(=O)[C@@H]5[C@@H]3C2=O)cc1. The van der Waals surface area contributed by atoms with Crippen molar-refractivity contribution in [2.75, 3.05) is 77.1 Å². The number of rotatable bonds is 12. The summed E-state index contributed by atoms with van der Waals surface area (Å²) < 4.78 is 9.63. The minimum atomic E-state index is -0.853. The van der Waals surface area contributed by atoms with Crippen LogP contribution in [-0.4, -0.2) is 125 Å². The van der Waals surface area contributed by atoms with Crippen LogP contribution in [0.1, 0.15) is 39.5 Å². The van der Waals surface area contributed by atoms with Crippen molar-refractivity contribution in [1.29, 1.82) is 0 Å². The molecule has 1 spiro atoms. The average Bonchev–Trinajstić information content (AvgIpc) is 3.32. The second-order valence-corrected chi connectivity index (χ2v) is 14.9. The van der Waals surface area contributed by atoms with Gasteiger partial charge in [0.2, 0.25) is 17.7 Å². The Morgan fingerprint density at radius 3 is 2.37 bits per heavy atom. The first-order valence-electron chi connectivity index (χ1n) is 16.9. The van der Waals surface area contributed by atoms with Crippen LogP contribution in [0.4, 0.5) is 5.69 Å². The highest BCUT2D eigenvalue weighted by Gasteiger charge is 2.73. The first-order chi connectivity index (χ1) is 22.3. The number of carbonyl (C=O) groups excluding carboxylic acids is 3. The van der Waals surface area contributed by atoms with Gasteiger partial charge in [-0.25, -0.2) is 0 Å². The van der Waals surface area contributed by atoms with Crippen LogP contribution in [0, 0.1) is 11.8 Å². The summed E-state index contributed by atoms with van der Waals surface area (Å²) in [6.45, 7) is 10.5. The molecule has 3 fully saturated rings. The Morgan fingerprint density at radius 1 is 0.891 bits per heavy atom. The van der Waals surface area contributed by atoms with Crippen LogP contribution in [0.15, 0.2) is 48.6 Å². The molecule has 1 aromatic carbocycles. The van der Waals surface area contributed by atoms with Crippen LogP contribution < -0.4 is 9.64 Å². The van der Waals surface area contributed by atoms with E-state index in [1.807, 2.05) is 42.2 Å². The molecule has 5 aliphatic rings. The highest BCUT2D eigenvalue weighted by molar-refractivity contribution is 8.02. The zero-order chi connectivity index (χ0) is 32.3. The van der Waals surface area contributed by atoms with Crippen molar-refractivity contribution < 1.29 is 29.0 Å². The molecule has 1 aromatic rings. The Labute approximate surface area is 276 Å².